The van der Waals surface area contributed by atoms with Crippen molar-refractivity contribution >= 4 is 16.8 Å². The summed E-state index contributed by atoms with van der Waals surface area (Å²) >= 11 is 0. The van der Waals surface area contributed by atoms with Gasteiger partial charge in [-0.3, -0.25) is 9.69 Å². The Bertz CT molecular complexity index is 2480. The van der Waals surface area contributed by atoms with Gasteiger partial charge in [-0.15, -0.1) is 0 Å². The summed E-state index contributed by atoms with van der Waals surface area (Å²) in [6.07, 6.45) is 8.33. The Morgan fingerprint density at radius 2 is 1.65 bits per heavy atom. The third-order valence-electron chi connectivity index (χ3n) is 13.4. The molecule has 2 saturated heterocycles. The van der Waals surface area contributed by atoms with Gasteiger partial charge in [0.05, 0.1) is 60.2 Å². The zero-order chi connectivity index (χ0) is 41.7. The van der Waals surface area contributed by atoms with E-state index in [9.17, 15) is 4.79 Å². The molecule has 6 atom stereocenters. The maximum absolute atomic E-state index is 13.5. The smallest absolute Gasteiger partial charge is 0.240 e. The summed E-state index contributed by atoms with van der Waals surface area (Å²) in [6.45, 7) is 11.5. The number of rotatable bonds is 13. The molecule has 314 valence electrons. The third-order valence-corrected chi connectivity index (χ3v) is 13.4. The van der Waals surface area contributed by atoms with Crippen LogP contribution in [0, 0.1) is 11.8 Å². The van der Waals surface area contributed by atoms with Crippen LogP contribution in [0.2, 0.25) is 0 Å². The van der Waals surface area contributed by atoms with E-state index in [1.54, 1.807) is 7.11 Å². The van der Waals surface area contributed by atoms with Crippen molar-refractivity contribution in [3.63, 3.8) is 0 Å². The monoisotopic (exact) mass is 809 g/mol. The van der Waals surface area contributed by atoms with Crippen molar-refractivity contribution in [1.82, 2.24) is 39.6 Å². The second-order valence-corrected chi connectivity index (χ2v) is 17.4. The Kier molecular flexibility index (Phi) is 11.0. The fraction of sp³-hybridized carbons (Fsp3) is 0.438. The average Bonchev–Trinajstić information content (AvgIpc) is 4.13. The van der Waals surface area contributed by atoms with Gasteiger partial charge in [0.1, 0.15) is 23.1 Å². The number of aromatic amines is 2. The number of H-pyrrole nitrogens is 2. The van der Waals surface area contributed by atoms with Crippen LogP contribution in [0.25, 0.3) is 44.7 Å². The number of methoxy groups -OCH3 is 1. The molecular formula is C48H59N9O3. The summed E-state index contributed by atoms with van der Waals surface area (Å²) in [5, 5.41) is 4.63. The zero-order valence-corrected chi connectivity index (χ0v) is 35.7. The molecule has 0 saturated carbocycles. The molecule has 2 unspecified atom stereocenters. The summed E-state index contributed by atoms with van der Waals surface area (Å²) in [5.41, 5.74) is 14.5. The minimum Gasteiger partial charge on any atom is -0.497 e. The standard InChI is InChI=1S/C48H59N9O3/c1-7-29(4)44(49)47(58)56-20-10-14-41(56)46-52-26-37(54-46)31-15-17-35-42-23-33-21-30(36-25-51-45(53-36)40-13-9-19-55(40)27-38(50-5)28(2)3)16-18-39(33)57(42)48(60-43(35)24-31)32-11-8-12-34(22-32)59-6/h8,11-12,15-18,21-26,28-29,38,40-41,44,48,50H,7,9-10,13-14,19-20,27,49H2,1-6H3,(H,51,53)(H,52,54)/t29-,38?,40+,41+,44+,48?/m1/s1. The maximum Gasteiger partial charge on any atom is 0.240 e. The zero-order valence-electron chi connectivity index (χ0n) is 35.7. The van der Waals surface area contributed by atoms with Crippen molar-refractivity contribution in [2.45, 2.75) is 90.2 Å². The summed E-state index contributed by atoms with van der Waals surface area (Å²) in [4.78, 5) is 35.0. The number of nitrogens with zero attached hydrogens (tertiary/aromatic N) is 5. The predicted molar refractivity (Wildman–Crippen MR) is 237 cm³/mol. The molecule has 12 heteroatoms. The van der Waals surface area contributed by atoms with Crippen molar-refractivity contribution in [2.75, 3.05) is 33.8 Å². The van der Waals surface area contributed by atoms with Crippen molar-refractivity contribution < 1.29 is 14.3 Å². The Morgan fingerprint density at radius 1 is 0.933 bits per heavy atom. The summed E-state index contributed by atoms with van der Waals surface area (Å²) < 4.78 is 15.0. The van der Waals surface area contributed by atoms with E-state index in [0.29, 0.717) is 18.5 Å². The molecule has 3 aliphatic heterocycles. The Labute approximate surface area is 352 Å². The van der Waals surface area contributed by atoms with Crippen molar-refractivity contribution in [2.24, 2.45) is 17.6 Å². The summed E-state index contributed by atoms with van der Waals surface area (Å²) in [6, 6.07) is 23.5. The minimum absolute atomic E-state index is 0.00312. The van der Waals surface area contributed by atoms with Crippen LogP contribution in [0.1, 0.15) is 95.3 Å². The van der Waals surface area contributed by atoms with Gasteiger partial charge in [-0.05, 0) is 93.6 Å². The predicted octanol–water partition coefficient (Wildman–Crippen LogP) is 8.45. The molecule has 6 heterocycles. The fourth-order valence-electron chi connectivity index (χ4n) is 9.60. The Balaban J connectivity index is 1.04. The fourth-order valence-corrected chi connectivity index (χ4v) is 9.60. The number of nitrogens with one attached hydrogen (secondary N) is 3. The molecule has 1 amide bonds. The molecular weight excluding hydrogens is 751 g/mol. The molecule has 3 aromatic carbocycles. The number of amides is 1. The highest BCUT2D eigenvalue weighted by molar-refractivity contribution is 5.92. The molecule has 6 aromatic rings. The van der Waals surface area contributed by atoms with E-state index >= 15 is 0 Å². The van der Waals surface area contributed by atoms with Gasteiger partial charge in [0, 0.05) is 46.8 Å². The molecule has 0 spiro atoms. The SMILES string of the molecule is CC[C@@H](C)[C@H](N)C(=O)N1CCC[C@H]1c1ncc(-c2ccc3c(c2)OC(c2cccc(OC)c2)n2c-3cc3cc(-c4cnc([C@@H]5CCCN5CC(NC)C(C)C)[nH]4)ccc32)[nH]1. The normalized spacial score (nSPS) is 20.6. The lowest BCUT2D eigenvalue weighted by molar-refractivity contribution is -0.134. The molecule has 60 heavy (non-hydrogen) atoms. The van der Waals surface area contributed by atoms with Gasteiger partial charge in [0.25, 0.3) is 0 Å². The number of carbonyl (C=O) groups excluding carboxylic acids is 1. The van der Waals surface area contributed by atoms with E-state index in [2.05, 4.69) is 101 Å². The van der Waals surface area contributed by atoms with Crippen LogP contribution in [-0.4, -0.2) is 86.1 Å². The number of carbonyl (C=O) groups is 1. The second kappa shape index (κ2) is 16.6. The first-order valence-electron chi connectivity index (χ1n) is 21.8. The highest BCUT2D eigenvalue weighted by Gasteiger charge is 2.36. The van der Waals surface area contributed by atoms with E-state index in [4.69, 9.17) is 25.2 Å². The van der Waals surface area contributed by atoms with Gasteiger partial charge >= 0.3 is 0 Å². The second-order valence-electron chi connectivity index (χ2n) is 17.4. The average molecular weight is 810 g/mol. The van der Waals surface area contributed by atoms with E-state index in [1.165, 1.54) is 6.42 Å². The number of nitrogens with two attached hydrogens (primary N) is 1. The molecule has 12 nitrogen and oxygen atoms in total. The van der Waals surface area contributed by atoms with Crippen LogP contribution in [-0.2, 0) is 4.79 Å². The van der Waals surface area contributed by atoms with Crippen molar-refractivity contribution in [1.29, 1.82) is 0 Å². The van der Waals surface area contributed by atoms with Gasteiger partial charge in [-0.2, -0.15) is 0 Å². The summed E-state index contributed by atoms with van der Waals surface area (Å²) in [7, 11) is 3.76. The first-order valence-corrected chi connectivity index (χ1v) is 21.8. The molecule has 5 N–H and O–H groups in total. The Morgan fingerprint density at radius 3 is 2.38 bits per heavy atom. The highest BCUT2D eigenvalue weighted by atomic mass is 16.5. The number of fused-ring (bicyclic) bond motifs is 5. The van der Waals surface area contributed by atoms with Crippen LogP contribution < -0.4 is 20.5 Å². The number of imidazole rings is 2. The Hall–Kier alpha value is -5.43. The molecule has 9 rings (SSSR count). The van der Waals surface area contributed by atoms with E-state index in [-0.39, 0.29) is 23.9 Å². The topological polar surface area (TPSA) is 142 Å². The molecule has 2 fully saturated rings. The number of ether oxygens (including phenoxy) is 2. The molecule has 3 aromatic heterocycles. The van der Waals surface area contributed by atoms with Gasteiger partial charge in [0.2, 0.25) is 12.1 Å². The molecule has 0 bridgehead atoms. The lowest BCUT2D eigenvalue weighted by Gasteiger charge is -2.30. The molecule has 3 aliphatic rings. The van der Waals surface area contributed by atoms with Gasteiger partial charge in [0.15, 0.2) is 0 Å². The first-order chi connectivity index (χ1) is 29.1. The van der Waals surface area contributed by atoms with Crippen molar-refractivity contribution in [3.8, 4) is 45.3 Å². The van der Waals surface area contributed by atoms with Crippen LogP contribution in [0.4, 0.5) is 0 Å². The van der Waals surface area contributed by atoms with Crippen LogP contribution >= 0.6 is 0 Å². The largest absolute Gasteiger partial charge is 0.497 e. The number of benzene rings is 3. The number of likely N-dealkylation sites (tertiary alicyclic amines) is 2. The third kappa shape index (κ3) is 7.28. The lowest BCUT2D eigenvalue weighted by Crippen LogP contribution is -2.46. The van der Waals surface area contributed by atoms with Crippen LogP contribution in [0.5, 0.6) is 11.5 Å². The van der Waals surface area contributed by atoms with E-state index in [0.717, 1.165) is 112 Å². The summed E-state index contributed by atoms with van der Waals surface area (Å²) in [5.74, 6) is 4.05. The first kappa shape index (κ1) is 40.0. The number of hydrogen-bond donors (Lipinski definition) is 4. The molecule has 0 aliphatic carbocycles. The van der Waals surface area contributed by atoms with E-state index in [1.807, 2.05) is 42.4 Å². The van der Waals surface area contributed by atoms with Gasteiger partial charge < -0.3 is 40.0 Å². The van der Waals surface area contributed by atoms with Gasteiger partial charge in [-0.25, -0.2) is 9.97 Å². The quantitative estimate of drug-likeness (QED) is 0.0911. The lowest BCUT2D eigenvalue weighted by atomic mass is 9.98. The van der Waals surface area contributed by atoms with Crippen LogP contribution in [0.3, 0.4) is 0 Å². The molecule has 0 radical (unpaired) electrons. The van der Waals surface area contributed by atoms with Gasteiger partial charge in [-0.1, -0.05) is 58.4 Å². The van der Waals surface area contributed by atoms with Crippen molar-refractivity contribution in [3.05, 3.63) is 96.3 Å². The van der Waals surface area contributed by atoms with Crippen LogP contribution in [0.15, 0.2) is 79.1 Å². The highest BCUT2D eigenvalue weighted by Crippen LogP contribution is 2.46. The minimum atomic E-state index is -0.514. The number of hydrogen-bond acceptors (Lipinski definition) is 8. The number of aromatic nitrogens is 5. The maximum atomic E-state index is 13.5. The van der Waals surface area contributed by atoms with E-state index < -0.39 is 12.3 Å². The number of likely N-dealkylation sites (N-methyl/N-ethyl adjacent to an activating group) is 1.